The minimum Gasteiger partial charge on any atom is -0.380 e. The number of nitrogens with zero attached hydrogens (tertiary/aromatic N) is 5. The quantitative estimate of drug-likeness (QED) is 0.712. The lowest BCUT2D eigenvalue weighted by Crippen LogP contribution is -2.44. The molecule has 8 heteroatoms. The minimum atomic E-state index is 0.0215. The van der Waals surface area contributed by atoms with E-state index in [0.717, 1.165) is 48.7 Å². The van der Waals surface area contributed by atoms with Crippen molar-refractivity contribution in [3.05, 3.63) is 54.2 Å². The molecule has 1 aliphatic rings. The number of anilines is 1. The van der Waals surface area contributed by atoms with Gasteiger partial charge in [0, 0.05) is 44.5 Å². The van der Waals surface area contributed by atoms with Gasteiger partial charge in [-0.25, -0.2) is 14.3 Å². The summed E-state index contributed by atoms with van der Waals surface area (Å²) in [5.74, 6) is 1.15. The second-order valence-corrected chi connectivity index (χ2v) is 7.00. The summed E-state index contributed by atoms with van der Waals surface area (Å²) in [6.45, 7) is 4.78. The molecule has 0 atom stereocenters. The van der Waals surface area contributed by atoms with E-state index in [2.05, 4.69) is 15.6 Å². The van der Waals surface area contributed by atoms with Crippen molar-refractivity contribution in [2.45, 2.75) is 32.2 Å². The van der Waals surface area contributed by atoms with Crippen molar-refractivity contribution in [2.24, 2.45) is 0 Å². The van der Waals surface area contributed by atoms with Gasteiger partial charge in [0.2, 0.25) is 0 Å². The maximum Gasteiger partial charge on any atom is 0.317 e. The average molecular weight is 379 g/mol. The molecule has 4 rings (SSSR count). The Hall–Kier alpha value is -3.16. The van der Waals surface area contributed by atoms with Crippen LogP contribution in [-0.2, 0) is 6.54 Å². The van der Waals surface area contributed by atoms with E-state index in [1.807, 2.05) is 53.0 Å². The SMILES string of the molecule is CCNC(=O)N1CCC(c2nc3ccc(NCc4cccnc4)cn3n2)CC1. The molecule has 1 fully saturated rings. The number of urea groups is 1. The summed E-state index contributed by atoms with van der Waals surface area (Å²) in [6, 6.07) is 7.99. The first-order valence-electron chi connectivity index (χ1n) is 9.75. The molecule has 28 heavy (non-hydrogen) atoms. The molecule has 2 amide bonds. The third kappa shape index (κ3) is 4.05. The molecule has 2 N–H and O–H groups in total. The molecule has 0 spiro atoms. The monoisotopic (exact) mass is 379 g/mol. The zero-order valence-corrected chi connectivity index (χ0v) is 16.0. The number of carbonyl (C=O) groups is 1. The van der Waals surface area contributed by atoms with Gasteiger partial charge < -0.3 is 15.5 Å². The first-order valence-corrected chi connectivity index (χ1v) is 9.75. The van der Waals surface area contributed by atoms with Crippen molar-refractivity contribution in [1.29, 1.82) is 0 Å². The van der Waals surface area contributed by atoms with Crippen molar-refractivity contribution >= 4 is 17.4 Å². The Morgan fingerprint density at radius 1 is 1.25 bits per heavy atom. The van der Waals surface area contributed by atoms with Crippen LogP contribution in [0.2, 0.25) is 0 Å². The van der Waals surface area contributed by atoms with E-state index >= 15 is 0 Å². The summed E-state index contributed by atoms with van der Waals surface area (Å²) in [5.41, 5.74) is 2.95. The molecule has 3 aromatic rings. The summed E-state index contributed by atoms with van der Waals surface area (Å²) in [6.07, 6.45) is 7.37. The van der Waals surface area contributed by atoms with E-state index < -0.39 is 0 Å². The van der Waals surface area contributed by atoms with Crippen LogP contribution in [0.5, 0.6) is 0 Å². The van der Waals surface area contributed by atoms with Gasteiger partial charge in [0.15, 0.2) is 11.5 Å². The van der Waals surface area contributed by atoms with E-state index in [9.17, 15) is 4.79 Å². The Morgan fingerprint density at radius 3 is 2.86 bits per heavy atom. The van der Waals surface area contributed by atoms with Crippen molar-refractivity contribution in [1.82, 2.24) is 29.8 Å². The molecule has 0 aliphatic carbocycles. The van der Waals surface area contributed by atoms with Crippen LogP contribution in [-0.4, -0.2) is 50.1 Å². The van der Waals surface area contributed by atoms with Crippen LogP contribution in [0.3, 0.4) is 0 Å². The number of hydrogen-bond acceptors (Lipinski definition) is 5. The van der Waals surface area contributed by atoms with Crippen molar-refractivity contribution in [3.63, 3.8) is 0 Å². The summed E-state index contributed by atoms with van der Waals surface area (Å²) >= 11 is 0. The fourth-order valence-electron chi connectivity index (χ4n) is 3.49. The zero-order chi connectivity index (χ0) is 19.3. The van der Waals surface area contributed by atoms with Gasteiger partial charge in [0.1, 0.15) is 0 Å². The molecular weight excluding hydrogens is 354 g/mol. The highest BCUT2D eigenvalue weighted by Gasteiger charge is 2.26. The summed E-state index contributed by atoms with van der Waals surface area (Å²) in [4.78, 5) is 22.7. The van der Waals surface area contributed by atoms with Gasteiger partial charge in [-0.05, 0) is 43.5 Å². The van der Waals surface area contributed by atoms with Gasteiger partial charge in [0.05, 0.1) is 11.9 Å². The number of nitrogens with one attached hydrogen (secondary N) is 2. The highest BCUT2D eigenvalue weighted by molar-refractivity contribution is 5.74. The average Bonchev–Trinajstić information content (AvgIpc) is 3.17. The number of likely N-dealkylation sites (tertiary alicyclic amines) is 1. The molecule has 146 valence electrons. The molecule has 0 bridgehead atoms. The number of amides is 2. The first kappa shape index (κ1) is 18.2. The molecule has 0 aromatic carbocycles. The Morgan fingerprint density at radius 2 is 2.11 bits per heavy atom. The lowest BCUT2D eigenvalue weighted by Gasteiger charge is -2.30. The maximum atomic E-state index is 12.0. The lowest BCUT2D eigenvalue weighted by molar-refractivity contribution is 0.181. The van der Waals surface area contributed by atoms with E-state index in [4.69, 9.17) is 10.1 Å². The number of pyridine rings is 2. The first-order chi connectivity index (χ1) is 13.7. The lowest BCUT2D eigenvalue weighted by atomic mass is 9.96. The van der Waals surface area contributed by atoms with Gasteiger partial charge in [-0.3, -0.25) is 4.98 Å². The van der Waals surface area contributed by atoms with Crippen LogP contribution in [0.15, 0.2) is 42.9 Å². The molecule has 3 aromatic heterocycles. The van der Waals surface area contributed by atoms with E-state index in [1.165, 1.54) is 0 Å². The smallest absolute Gasteiger partial charge is 0.317 e. The third-order valence-corrected chi connectivity index (χ3v) is 5.04. The molecule has 4 heterocycles. The van der Waals surface area contributed by atoms with E-state index in [1.54, 1.807) is 6.20 Å². The van der Waals surface area contributed by atoms with Gasteiger partial charge in [-0.2, -0.15) is 5.10 Å². The fourth-order valence-corrected chi connectivity index (χ4v) is 3.49. The second-order valence-electron chi connectivity index (χ2n) is 7.00. The molecule has 1 saturated heterocycles. The van der Waals surface area contributed by atoms with Crippen LogP contribution in [0.4, 0.5) is 10.5 Å². The molecule has 0 unspecified atom stereocenters. The van der Waals surface area contributed by atoms with Gasteiger partial charge >= 0.3 is 6.03 Å². The van der Waals surface area contributed by atoms with E-state index in [0.29, 0.717) is 13.1 Å². The minimum absolute atomic E-state index is 0.0215. The van der Waals surface area contributed by atoms with Crippen LogP contribution in [0.25, 0.3) is 5.65 Å². The van der Waals surface area contributed by atoms with Crippen LogP contribution in [0.1, 0.15) is 37.1 Å². The summed E-state index contributed by atoms with van der Waals surface area (Å²) in [5, 5.41) is 10.9. The Kier molecular flexibility index (Phi) is 5.36. The van der Waals surface area contributed by atoms with Crippen LogP contribution >= 0.6 is 0 Å². The number of piperidine rings is 1. The Bertz CT molecular complexity index is 932. The largest absolute Gasteiger partial charge is 0.380 e. The van der Waals surface area contributed by atoms with Crippen LogP contribution in [0, 0.1) is 0 Å². The topological polar surface area (TPSA) is 87.5 Å². The fraction of sp³-hybridized carbons (Fsp3) is 0.400. The number of hydrogen-bond donors (Lipinski definition) is 2. The van der Waals surface area contributed by atoms with Crippen molar-refractivity contribution < 1.29 is 4.79 Å². The van der Waals surface area contributed by atoms with Gasteiger partial charge in [-0.15, -0.1) is 0 Å². The predicted molar refractivity (Wildman–Crippen MR) is 107 cm³/mol. The number of aromatic nitrogens is 4. The number of fused-ring (bicyclic) bond motifs is 1. The molecule has 1 aliphatic heterocycles. The number of rotatable bonds is 5. The molecule has 0 radical (unpaired) electrons. The van der Waals surface area contributed by atoms with Gasteiger partial charge in [0.25, 0.3) is 0 Å². The summed E-state index contributed by atoms with van der Waals surface area (Å²) in [7, 11) is 0. The highest BCUT2D eigenvalue weighted by Crippen LogP contribution is 2.26. The van der Waals surface area contributed by atoms with E-state index in [-0.39, 0.29) is 11.9 Å². The third-order valence-electron chi connectivity index (χ3n) is 5.04. The normalized spacial score (nSPS) is 15.0. The van der Waals surface area contributed by atoms with Gasteiger partial charge in [-0.1, -0.05) is 6.07 Å². The predicted octanol–water partition coefficient (Wildman–Crippen LogP) is 2.65. The second kappa shape index (κ2) is 8.24. The zero-order valence-electron chi connectivity index (χ0n) is 16.0. The highest BCUT2D eigenvalue weighted by atomic mass is 16.2. The van der Waals surface area contributed by atoms with Crippen LogP contribution < -0.4 is 10.6 Å². The standard InChI is InChI=1S/C20H25N7O/c1-2-22-20(28)26-10-7-16(8-11-26)19-24-18-6-5-17(14-27(18)25-19)23-13-15-4-3-9-21-12-15/h3-6,9,12,14,16,23H,2,7-8,10-11,13H2,1H3,(H,22,28). The molecule has 0 saturated carbocycles. The van der Waals surface area contributed by atoms with Crippen molar-refractivity contribution in [2.75, 3.05) is 25.0 Å². The summed E-state index contributed by atoms with van der Waals surface area (Å²) < 4.78 is 1.83. The Labute approximate surface area is 164 Å². The maximum absolute atomic E-state index is 12.0. The van der Waals surface area contributed by atoms with Crippen molar-refractivity contribution in [3.8, 4) is 0 Å². The molecular formula is C20H25N7O. The molecule has 8 nitrogen and oxygen atoms in total. The number of carbonyl (C=O) groups excluding carboxylic acids is 1. The Balaban J connectivity index is 1.40.